The zero-order valence-corrected chi connectivity index (χ0v) is 42.3. The van der Waals surface area contributed by atoms with Gasteiger partial charge in [0.25, 0.3) is 0 Å². The molecule has 8 rings (SSSR count). The number of phenolic OH excluding ortho intramolecular Hbond substituents is 4. The first kappa shape index (κ1) is 48.4. The smallest absolute Gasteiger partial charge is 0.143 e. The van der Waals surface area contributed by atoms with E-state index in [1.165, 1.54) is 11.1 Å². The third-order valence-corrected chi connectivity index (χ3v) is 13.9. The molecule has 12 heteroatoms. The molecule has 0 bridgehead atoms. The summed E-state index contributed by atoms with van der Waals surface area (Å²) in [6.07, 6.45) is 0.562. The minimum atomic E-state index is -0.308. The van der Waals surface area contributed by atoms with Gasteiger partial charge in [-0.25, -0.2) is 0 Å². The first-order chi connectivity index (χ1) is 29.7. The molecule has 2 heterocycles. The van der Waals surface area contributed by atoms with Crippen molar-refractivity contribution in [2.45, 2.75) is 70.0 Å². The van der Waals surface area contributed by atoms with Crippen molar-refractivity contribution >= 4 is 63.7 Å². The van der Waals surface area contributed by atoms with E-state index in [4.69, 9.17) is 18.9 Å². The van der Waals surface area contributed by atoms with Gasteiger partial charge in [-0.3, -0.25) is 0 Å². The lowest BCUT2D eigenvalue weighted by molar-refractivity contribution is 0.263. The van der Waals surface area contributed by atoms with E-state index < -0.39 is 0 Å². The number of hydrogen-bond donors (Lipinski definition) is 4. The second kappa shape index (κ2) is 20.4. The van der Waals surface area contributed by atoms with Gasteiger partial charge in [0.05, 0.1) is 31.1 Å². The summed E-state index contributed by atoms with van der Waals surface area (Å²) in [6.45, 7) is 15.8. The van der Waals surface area contributed by atoms with E-state index in [1.807, 2.05) is 72.8 Å². The predicted molar refractivity (Wildman–Crippen MR) is 263 cm³/mol. The molecule has 2 unspecified atom stereocenters. The minimum Gasteiger partial charge on any atom is -0.508 e. The quantitative estimate of drug-likeness (QED) is 0.0894. The van der Waals surface area contributed by atoms with Gasteiger partial charge in [0, 0.05) is 16.2 Å². The Balaban J connectivity index is 0.000000160. The van der Waals surface area contributed by atoms with Crippen LogP contribution in [0.1, 0.15) is 74.9 Å². The number of rotatable bonds is 12. The second-order valence-electron chi connectivity index (χ2n) is 17.1. The molecule has 6 aromatic rings. The molecule has 0 saturated carbocycles. The monoisotopic (exact) mass is 1110 g/mol. The molecule has 0 spiro atoms. The Labute approximate surface area is 403 Å². The van der Waals surface area contributed by atoms with Crippen molar-refractivity contribution in [3.63, 3.8) is 0 Å². The summed E-state index contributed by atoms with van der Waals surface area (Å²) >= 11 is 13.5. The van der Waals surface area contributed by atoms with Crippen LogP contribution in [-0.2, 0) is 25.7 Å². The standard InChI is InChI=1S/C21H24O4.C15H12Br4O2.C15H16O2/c1-21(2,15-3-7-17(8-4-15)22-11-19-13-24-19)16-5-9-18(10-6-16)23-12-20-14-25-20;1-15(2,7-3-9(16)13(20)10(17)4-7)8-5-11(18)14(21)12(19)6-8;1-15(2,11-3-7-13(16)8-4-11)12-5-9-14(17)10-6-12/h3-10,19-20H,11-14H2,1-2H3;3-6,20-21H,1-2H3;3-10,16-17H,1-2H3. The van der Waals surface area contributed by atoms with Gasteiger partial charge in [-0.1, -0.05) is 90.1 Å². The molecule has 0 radical (unpaired) electrons. The fraction of sp³-hybridized carbons (Fsp3) is 0.294. The van der Waals surface area contributed by atoms with Gasteiger partial charge in [-0.15, -0.1) is 0 Å². The van der Waals surface area contributed by atoms with Crippen molar-refractivity contribution in [2.75, 3.05) is 26.4 Å². The van der Waals surface area contributed by atoms with Crippen LogP contribution in [0.4, 0.5) is 0 Å². The number of ether oxygens (including phenoxy) is 4. The molecule has 2 saturated heterocycles. The molecule has 2 aliphatic heterocycles. The molecule has 0 amide bonds. The average molecular weight is 1110 g/mol. The molecule has 63 heavy (non-hydrogen) atoms. The molecule has 4 N–H and O–H groups in total. The van der Waals surface area contributed by atoms with Crippen LogP contribution < -0.4 is 9.47 Å². The molecule has 2 atom stereocenters. The van der Waals surface area contributed by atoms with Crippen molar-refractivity contribution in [2.24, 2.45) is 0 Å². The highest BCUT2D eigenvalue weighted by atomic mass is 79.9. The lowest BCUT2D eigenvalue weighted by Gasteiger charge is -2.27. The van der Waals surface area contributed by atoms with Gasteiger partial charge in [0.15, 0.2) is 0 Å². The summed E-state index contributed by atoms with van der Waals surface area (Å²) in [6, 6.07) is 38.7. The highest BCUT2D eigenvalue weighted by molar-refractivity contribution is 9.11. The van der Waals surface area contributed by atoms with Crippen LogP contribution in [0, 0.1) is 0 Å². The van der Waals surface area contributed by atoms with Gasteiger partial charge >= 0.3 is 0 Å². The lowest BCUT2D eigenvalue weighted by Crippen LogP contribution is -2.19. The van der Waals surface area contributed by atoms with Crippen molar-refractivity contribution in [1.82, 2.24) is 0 Å². The third kappa shape index (κ3) is 12.6. The fourth-order valence-electron chi connectivity index (χ4n) is 6.75. The summed E-state index contributed by atoms with van der Waals surface area (Å²) in [5, 5.41) is 38.3. The summed E-state index contributed by atoms with van der Waals surface area (Å²) in [7, 11) is 0. The van der Waals surface area contributed by atoms with Crippen LogP contribution in [-0.4, -0.2) is 59.1 Å². The Bertz CT molecular complexity index is 2250. The maximum Gasteiger partial charge on any atom is 0.143 e. The van der Waals surface area contributed by atoms with E-state index >= 15 is 0 Å². The van der Waals surface area contributed by atoms with Crippen LogP contribution in [0.5, 0.6) is 34.5 Å². The van der Waals surface area contributed by atoms with Crippen molar-refractivity contribution in [3.05, 3.63) is 173 Å². The number of halogens is 4. The third-order valence-electron chi connectivity index (χ3n) is 11.5. The molecule has 6 aromatic carbocycles. The molecule has 0 aliphatic carbocycles. The van der Waals surface area contributed by atoms with E-state index in [0.717, 1.165) is 47.0 Å². The highest BCUT2D eigenvalue weighted by Gasteiger charge is 2.28. The van der Waals surface area contributed by atoms with Crippen molar-refractivity contribution in [3.8, 4) is 34.5 Å². The number of phenols is 4. The number of epoxide rings is 2. The Morgan fingerprint density at radius 1 is 0.429 bits per heavy atom. The number of benzene rings is 6. The topological polar surface area (TPSA) is 124 Å². The maximum atomic E-state index is 9.85. The normalized spacial score (nSPS) is 15.6. The highest BCUT2D eigenvalue weighted by Crippen LogP contribution is 2.43. The second-order valence-corrected chi connectivity index (χ2v) is 20.5. The van der Waals surface area contributed by atoms with Crippen LogP contribution in [0.25, 0.3) is 0 Å². The van der Waals surface area contributed by atoms with E-state index in [9.17, 15) is 20.4 Å². The molecule has 2 aliphatic rings. The lowest BCUT2D eigenvalue weighted by atomic mass is 9.78. The summed E-state index contributed by atoms with van der Waals surface area (Å²) < 4.78 is 24.3. The molecular weight excluding hydrogens is 1060 g/mol. The SMILES string of the molecule is CC(C)(c1cc(Br)c(O)c(Br)c1)c1cc(Br)c(O)c(Br)c1.CC(C)(c1ccc(O)cc1)c1ccc(O)cc1.CC(C)(c1ccc(OCC2CO2)cc1)c1ccc(OCC2CO2)cc1. The number of aromatic hydroxyl groups is 4. The fourth-order valence-corrected chi connectivity index (χ4v) is 9.12. The first-order valence-corrected chi connectivity index (χ1v) is 23.6. The van der Waals surface area contributed by atoms with Crippen LogP contribution in [0.2, 0.25) is 0 Å². The molecule has 332 valence electrons. The molecule has 2 fully saturated rings. The molecular formula is C51H52Br4O8. The van der Waals surface area contributed by atoms with E-state index in [1.54, 1.807) is 24.3 Å². The Morgan fingerprint density at radius 2 is 0.667 bits per heavy atom. The van der Waals surface area contributed by atoms with E-state index in [2.05, 4.69) is 130 Å². The van der Waals surface area contributed by atoms with Gasteiger partial charge in [0.1, 0.15) is 59.9 Å². The van der Waals surface area contributed by atoms with E-state index in [-0.39, 0.29) is 51.5 Å². The van der Waals surface area contributed by atoms with Gasteiger partial charge in [-0.2, -0.15) is 0 Å². The Morgan fingerprint density at radius 3 is 0.921 bits per heavy atom. The van der Waals surface area contributed by atoms with Gasteiger partial charge < -0.3 is 39.4 Å². The van der Waals surface area contributed by atoms with Crippen molar-refractivity contribution < 1.29 is 39.4 Å². The predicted octanol–water partition coefficient (Wildman–Crippen LogP) is 13.5. The summed E-state index contributed by atoms with van der Waals surface area (Å²) in [4.78, 5) is 0. The Kier molecular flexibility index (Phi) is 15.7. The zero-order valence-electron chi connectivity index (χ0n) is 36.0. The molecule has 0 aromatic heterocycles. The maximum absolute atomic E-state index is 9.85. The largest absolute Gasteiger partial charge is 0.508 e. The minimum absolute atomic E-state index is 0.0870. The van der Waals surface area contributed by atoms with E-state index in [0.29, 0.717) is 31.1 Å². The summed E-state index contributed by atoms with van der Waals surface area (Å²) in [5.41, 5.74) is 6.27. The van der Waals surface area contributed by atoms with Crippen LogP contribution in [0.3, 0.4) is 0 Å². The Hall–Kier alpha value is -4.04. The zero-order chi connectivity index (χ0) is 45.7. The number of hydrogen-bond acceptors (Lipinski definition) is 8. The summed E-state index contributed by atoms with van der Waals surface area (Å²) in [5.74, 6) is 2.69. The van der Waals surface area contributed by atoms with Crippen LogP contribution >= 0.6 is 63.7 Å². The van der Waals surface area contributed by atoms with Crippen molar-refractivity contribution in [1.29, 1.82) is 0 Å². The van der Waals surface area contributed by atoms with Crippen LogP contribution in [0.15, 0.2) is 139 Å². The van der Waals surface area contributed by atoms with Gasteiger partial charge in [0.2, 0.25) is 0 Å². The van der Waals surface area contributed by atoms with Gasteiger partial charge in [-0.05, 0) is 170 Å². The molecule has 8 nitrogen and oxygen atoms in total. The average Bonchev–Trinajstić information content (AvgIpc) is 4.21. The first-order valence-electron chi connectivity index (χ1n) is 20.4.